The first kappa shape index (κ1) is 19.7. The molecule has 7 heteroatoms. The third-order valence-electron chi connectivity index (χ3n) is 3.66. The molecule has 1 amide bonds. The average molecular weight is 531 g/mol. The molecule has 0 aliphatic rings. The molecule has 0 spiro atoms. The van der Waals surface area contributed by atoms with E-state index in [2.05, 4.69) is 5.32 Å². The molecule has 0 heterocycles. The van der Waals surface area contributed by atoms with Crippen molar-refractivity contribution in [1.29, 1.82) is 0 Å². The fraction of sp³-hybridized carbons (Fsp3) is 0.333. The van der Waals surface area contributed by atoms with E-state index < -0.39 is 12.6 Å². The number of hydrogen-bond donors (Lipinski definition) is 2. The zero-order valence-corrected chi connectivity index (χ0v) is 19.7. The van der Waals surface area contributed by atoms with Crippen molar-refractivity contribution >= 4 is 22.6 Å². The molecule has 129 valence electrons. The summed E-state index contributed by atoms with van der Waals surface area (Å²) in [6, 6.07) is 11.0. The van der Waals surface area contributed by atoms with E-state index in [1.54, 1.807) is 12.1 Å². The summed E-state index contributed by atoms with van der Waals surface area (Å²) in [6.07, 6.45) is 0.0288. The Morgan fingerprint density at radius 1 is 1.24 bits per heavy atom. The number of carbonyl (C=O) groups excluding carboxylic acids is 1. The molecule has 25 heavy (non-hydrogen) atoms. The molecule has 1 unspecified atom stereocenters. The van der Waals surface area contributed by atoms with Crippen molar-refractivity contribution in [1.82, 2.24) is 5.32 Å². The standard InChI is InChI=1S/C18H20NO5.Hg/c1-3-23-12(2)10-19-18(22)15-8-13-6-4-5-7-14(13)9-16(15)24-11-17(20)21;/h4-9,12H,2-3,10-11H2,1H3,(H,19,22)(H,20,21);. The van der Waals surface area contributed by atoms with Crippen molar-refractivity contribution in [2.24, 2.45) is 0 Å². The summed E-state index contributed by atoms with van der Waals surface area (Å²) >= 11 is 0.585. The van der Waals surface area contributed by atoms with E-state index in [9.17, 15) is 9.59 Å². The molecule has 6 nitrogen and oxygen atoms in total. The number of nitrogens with one attached hydrogen (secondary N) is 1. The molecule has 0 bridgehead atoms. The Morgan fingerprint density at radius 2 is 1.92 bits per heavy atom. The van der Waals surface area contributed by atoms with Crippen molar-refractivity contribution in [3.8, 4) is 5.75 Å². The molecule has 0 aliphatic carbocycles. The number of carboxylic acids is 1. The number of ether oxygens (including phenoxy) is 2. The molecule has 2 N–H and O–H groups in total. The van der Waals surface area contributed by atoms with Crippen LogP contribution in [-0.4, -0.2) is 42.8 Å². The van der Waals surface area contributed by atoms with Gasteiger partial charge in [-0.15, -0.1) is 0 Å². The molecule has 2 aromatic carbocycles. The van der Waals surface area contributed by atoms with Crippen molar-refractivity contribution in [3.05, 3.63) is 42.0 Å². The second kappa shape index (κ2) is 9.72. The van der Waals surface area contributed by atoms with Gasteiger partial charge in [0.2, 0.25) is 0 Å². The molecule has 1 atom stereocenters. The molecule has 0 saturated heterocycles. The van der Waals surface area contributed by atoms with Gasteiger partial charge in [0, 0.05) is 0 Å². The number of aliphatic carboxylic acids is 1. The van der Waals surface area contributed by atoms with Crippen LogP contribution < -0.4 is 10.1 Å². The number of carbonyl (C=O) groups is 2. The van der Waals surface area contributed by atoms with E-state index in [-0.39, 0.29) is 17.8 Å². The van der Waals surface area contributed by atoms with Crippen LogP contribution in [0.3, 0.4) is 0 Å². The van der Waals surface area contributed by atoms with E-state index in [0.717, 1.165) is 14.7 Å². The van der Waals surface area contributed by atoms with Crippen LogP contribution in [0, 0.1) is 0 Å². The van der Waals surface area contributed by atoms with Gasteiger partial charge in [-0.2, -0.15) is 0 Å². The predicted octanol–water partition coefficient (Wildman–Crippen LogP) is 2.40. The van der Waals surface area contributed by atoms with Crippen LogP contribution in [0.1, 0.15) is 17.3 Å². The molecule has 0 fully saturated rings. The molecule has 0 radical (unpaired) electrons. The summed E-state index contributed by atoms with van der Waals surface area (Å²) in [4.78, 5) is 23.4. The van der Waals surface area contributed by atoms with Gasteiger partial charge >= 0.3 is 163 Å². The van der Waals surface area contributed by atoms with Gasteiger partial charge in [0.05, 0.1) is 0 Å². The monoisotopic (exact) mass is 532 g/mol. The first-order chi connectivity index (χ1) is 12.0. The topological polar surface area (TPSA) is 84.9 Å². The summed E-state index contributed by atoms with van der Waals surface area (Å²) in [5.74, 6) is -1.12. The minimum absolute atomic E-state index is 0.0288. The maximum absolute atomic E-state index is 12.6. The summed E-state index contributed by atoms with van der Waals surface area (Å²) in [7, 11) is 0. The van der Waals surface area contributed by atoms with Gasteiger partial charge in [-0.05, 0) is 0 Å². The van der Waals surface area contributed by atoms with Crippen molar-refractivity contribution in [2.75, 3.05) is 19.8 Å². The van der Waals surface area contributed by atoms with Crippen LogP contribution in [0.15, 0.2) is 36.4 Å². The summed E-state index contributed by atoms with van der Waals surface area (Å²) in [6.45, 7) is 2.48. The van der Waals surface area contributed by atoms with E-state index in [0.29, 0.717) is 44.8 Å². The van der Waals surface area contributed by atoms with Gasteiger partial charge < -0.3 is 0 Å². The number of rotatable bonds is 9. The number of fused-ring (bicyclic) bond motifs is 1. The zero-order valence-electron chi connectivity index (χ0n) is 14.2. The predicted molar refractivity (Wildman–Crippen MR) is 89.6 cm³/mol. The average Bonchev–Trinajstić information content (AvgIpc) is 2.62. The van der Waals surface area contributed by atoms with Gasteiger partial charge in [0.15, 0.2) is 0 Å². The Hall–Kier alpha value is -1.66. The Labute approximate surface area is 162 Å². The normalized spacial score (nSPS) is 12.0. The molecule has 0 saturated carbocycles. The number of amides is 1. The van der Waals surface area contributed by atoms with Crippen LogP contribution >= 0.6 is 0 Å². The van der Waals surface area contributed by atoms with E-state index in [4.69, 9.17) is 14.6 Å². The van der Waals surface area contributed by atoms with Gasteiger partial charge in [-0.1, -0.05) is 0 Å². The summed E-state index contributed by atoms with van der Waals surface area (Å²) in [5.41, 5.74) is 0.327. The molecule has 2 rings (SSSR count). The van der Waals surface area contributed by atoms with Crippen molar-refractivity contribution < 1.29 is 50.3 Å². The van der Waals surface area contributed by atoms with Crippen molar-refractivity contribution in [2.45, 2.75) is 17.0 Å². The second-order valence-electron chi connectivity index (χ2n) is 5.45. The Morgan fingerprint density at radius 3 is 2.52 bits per heavy atom. The number of hydrogen-bond acceptors (Lipinski definition) is 4. The van der Waals surface area contributed by atoms with Gasteiger partial charge in [-0.25, -0.2) is 0 Å². The van der Waals surface area contributed by atoms with Crippen LogP contribution in [0.4, 0.5) is 0 Å². The molecule has 0 aromatic heterocycles. The Balaban J connectivity index is 2.24. The fourth-order valence-electron chi connectivity index (χ4n) is 2.44. The zero-order chi connectivity index (χ0) is 18.2. The van der Waals surface area contributed by atoms with Crippen LogP contribution in [0.2, 0.25) is 3.93 Å². The van der Waals surface area contributed by atoms with Crippen LogP contribution in [0.25, 0.3) is 10.8 Å². The van der Waals surface area contributed by atoms with Gasteiger partial charge in [0.25, 0.3) is 0 Å². The summed E-state index contributed by atoms with van der Waals surface area (Å²) in [5, 5.41) is 13.5. The third kappa shape index (κ3) is 5.68. The number of carboxylic acid groups (broad SMARTS) is 1. The van der Waals surface area contributed by atoms with Crippen LogP contribution in [0.5, 0.6) is 5.75 Å². The minimum atomic E-state index is -1.09. The second-order valence-corrected chi connectivity index (χ2v) is 7.70. The molecular formula is C18H20HgNO5. The van der Waals surface area contributed by atoms with Gasteiger partial charge in [0.1, 0.15) is 0 Å². The maximum atomic E-state index is 12.6. The fourth-order valence-corrected chi connectivity index (χ4v) is 3.88. The first-order valence-corrected chi connectivity index (χ1v) is 12.0. The summed E-state index contributed by atoms with van der Waals surface area (Å²) < 4.78 is 11.9. The van der Waals surface area contributed by atoms with Crippen molar-refractivity contribution in [3.63, 3.8) is 0 Å². The molecule has 2 aromatic rings. The number of benzene rings is 2. The molecular weight excluding hydrogens is 511 g/mol. The SMILES string of the molecule is CCOC([CH2][Hg])CNC(=O)c1cc2ccccc2cc1OCC(=O)O. The van der Waals surface area contributed by atoms with E-state index in [1.165, 1.54) is 0 Å². The quantitative estimate of drug-likeness (QED) is 0.487. The molecule has 0 aliphatic heterocycles. The first-order valence-electron chi connectivity index (χ1n) is 8.11. The van der Waals surface area contributed by atoms with Crippen LogP contribution in [-0.2, 0) is 35.7 Å². The van der Waals surface area contributed by atoms with E-state index in [1.807, 2.05) is 31.2 Å². The van der Waals surface area contributed by atoms with Gasteiger partial charge in [-0.3, -0.25) is 0 Å². The Bertz CT molecular complexity index is 749. The third-order valence-corrected chi connectivity index (χ3v) is 6.16. The Kier molecular flexibility index (Phi) is 7.65. The van der Waals surface area contributed by atoms with E-state index >= 15 is 0 Å².